The van der Waals surface area contributed by atoms with Gasteiger partial charge in [-0.15, -0.1) is 0 Å². The number of alkyl halides is 3. The molecule has 0 aliphatic rings. The zero-order valence-corrected chi connectivity index (χ0v) is 12.9. The third-order valence-corrected chi connectivity index (χ3v) is 3.02. The molecular formula is C15H19F3N2O3. The van der Waals surface area contributed by atoms with Crippen molar-refractivity contribution in [2.75, 3.05) is 11.9 Å². The summed E-state index contributed by atoms with van der Waals surface area (Å²) in [5.41, 5.74) is -0.273. The van der Waals surface area contributed by atoms with Gasteiger partial charge in [0.15, 0.2) is 0 Å². The lowest BCUT2D eigenvalue weighted by Crippen LogP contribution is -2.35. The highest BCUT2D eigenvalue weighted by Crippen LogP contribution is 2.30. The fourth-order valence-electron chi connectivity index (χ4n) is 1.84. The molecule has 0 spiro atoms. The first-order chi connectivity index (χ1) is 10.8. The van der Waals surface area contributed by atoms with Gasteiger partial charge in [0.1, 0.15) is 0 Å². The van der Waals surface area contributed by atoms with Gasteiger partial charge < -0.3 is 10.1 Å². The van der Waals surface area contributed by atoms with Gasteiger partial charge in [0.05, 0.1) is 12.2 Å². The van der Waals surface area contributed by atoms with Crippen LogP contribution in [0, 0.1) is 0 Å². The number of imide groups is 1. The largest absolute Gasteiger partial charge is 0.450 e. The summed E-state index contributed by atoms with van der Waals surface area (Å²) in [6.07, 6.45) is -4.66. The van der Waals surface area contributed by atoms with E-state index in [1.165, 1.54) is 12.1 Å². The number of alkyl carbamates (subject to hydrolysis) is 1. The molecule has 1 atom stereocenters. The van der Waals surface area contributed by atoms with Crippen LogP contribution in [-0.2, 0) is 15.7 Å². The third-order valence-electron chi connectivity index (χ3n) is 3.02. The molecule has 2 N–H and O–H groups in total. The second-order valence-corrected chi connectivity index (χ2v) is 4.80. The maximum Gasteiger partial charge on any atom is 0.416 e. The van der Waals surface area contributed by atoms with E-state index in [0.29, 0.717) is 12.1 Å². The number of nitrogens with one attached hydrogen (secondary N) is 2. The molecule has 0 heterocycles. The molecule has 1 aromatic carbocycles. The van der Waals surface area contributed by atoms with Crippen LogP contribution in [0.15, 0.2) is 24.3 Å². The number of carbonyl (C=O) groups is 2. The Kier molecular flexibility index (Phi) is 6.87. The molecule has 0 radical (unpaired) electrons. The Morgan fingerprint density at radius 1 is 1.17 bits per heavy atom. The number of carbonyl (C=O) groups excluding carboxylic acids is 2. The highest BCUT2D eigenvalue weighted by Gasteiger charge is 2.30. The number of hydrogen-bond donors (Lipinski definition) is 2. The molecule has 128 valence electrons. The summed E-state index contributed by atoms with van der Waals surface area (Å²) in [6, 6.07) is 4.21. The molecule has 0 aliphatic carbocycles. The number of benzene rings is 1. The zero-order valence-electron chi connectivity index (χ0n) is 12.9. The maximum atomic E-state index is 12.5. The van der Waals surface area contributed by atoms with Gasteiger partial charge in [-0.3, -0.25) is 10.1 Å². The molecule has 0 aromatic heterocycles. The summed E-state index contributed by atoms with van der Waals surface area (Å²) >= 11 is 0. The molecule has 23 heavy (non-hydrogen) atoms. The minimum absolute atomic E-state index is 0.00363. The van der Waals surface area contributed by atoms with E-state index in [-0.39, 0.29) is 19.1 Å². The van der Waals surface area contributed by atoms with Crippen molar-refractivity contribution in [2.24, 2.45) is 0 Å². The summed E-state index contributed by atoms with van der Waals surface area (Å²) in [4.78, 5) is 22.8. The predicted molar refractivity (Wildman–Crippen MR) is 78.9 cm³/mol. The minimum atomic E-state index is -4.39. The van der Waals surface area contributed by atoms with Gasteiger partial charge in [0.2, 0.25) is 5.91 Å². The van der Waals surface area contributed by atoms with Crippen LogP contribution >= 0.6 is 0 Å². The molecule has 0 bridgehead atoms. The van der Waals surface area contributed by atoms with Gasteiger partial charge in [-0.05, 0) is 37.6 Å². The molecule has 2 amide bonds. The molecule has 0 unspecified atom stereocenters. The highest BCUT2D eigenvalue weighted by molar-refractivity contribution is 5.92. The van der Waals surface area contributed by atoms with Crippen LogP contribution in [0.3, 0.4) is 0 Å². The smallest absolute Gasteiger partial charge is 0.416 e. The van der Waals surface area contributed by atoms with E-state index in [2.05, 4.69) is 15.4 Å². The maximum absolute atomic E-state index is 12.5. The number of anilines is 1. The van der Waals surface area contributed by atoms with Crippen LogP contribution in [-0.4, -0.2) is 24.6 Å². The second kappa shape index (κ2) is 8.40. The summed E-state index contributed by atoms with van der Waals surface area (Å²) in [6.45, 7) is 3.59. The average Bonchev–Trinajstić information content (AvgIpc) is 2.46. The topological polar surface area (TPSA) is 67.4 Å². The van der Waals surface area contributed by atoms with E-state index in [9.17, 15) is 22.8 Å². The monoisotopic (exact) mass is 332 g/mol. The van der Waals surface area contributed by atoms with E-state index in [4.69, 9.17) is 0 Å². The average molecular weight is 332 g/mol. The van der Waals surface area contributed by atoms with Gasteiger partial charge >= 0.3 is 12.3 Å². The van der Waals surface area contributed by atoms with E-state index >= 15 is 0 Å². The summed E-state index contributed by atoms with van der Waals surface area (Å²) in [7, 11) is 0. The minimum Gasteiger partial charge on any atom is -0.450 e. The first kappa shape index (κ1) is 18.8. The normalized spacial score (nSPS) is 12.4. The van der Waals surface area contributed by atoms with Crippen molar-refractivity contribution in [3.8, 4) is 0 Å². The Morgan fingerprint density at radius 2 is 1.78 bits per heavy atom. The Hall–Kier alpha value is -2.25. The van der Waals surface area contributed by atoms with Crippen molar-refractivity contribution in [3.63, 3.8) is 0 Å². The molecule has 0 fully saturated rings. The van der Waals surface area contributed by atoms with E-state index in [1.54, 1.807) is 6.92 Å². The highest BCUT2D eigenvalue weighted by atomic mass is 19.4. The number of ether oxygens (including phenoxy) is 1. The Balaban J connectivity index is 2.59. The number of hydrogen-bond acceptors (Lipinski definition) is 4. The van der Waals surface area contributed by atoms with Crippen molar-refractivity contribution in [3.05, 3.63) is 29.8 Å². The van der Waals surface area contributed by atoms with Crippen molar-refractivity contribution < 1.29 is 27.5 Å². The van der Waals surface area contributed by atoms with Crippen molar-refractivity contribution in [1.29, 1.82) is 0 Å². The Labute approximate surface area is 132 Å². The Bertz CT molecular complexity index is 530. The van der Waals surface area contributed by atoms with Crippen LogP contribution in [0.1, 0.15) is 32.3 Å². The molecule has 0 aliphatic heterocycles. The first-order valence-electron chi connectivity index (χ1n) is 7.16. The zero-order chi connectivity index (χ0) is 17.5. The van der Waals surface area contributed by atoms with Crippen LogP contribution in [0.4, 0.5) is 23.7 Å². The van der Waals surface area contributed by atoms with E-state index < -0.39 is 23.7 Å². The van der Waals surface area contributed by atoms with Crippen molar-refractivity contribution in [1.82, 2.24) is 5.32 Å². The Morgan fingerprint density at radius 3 is 2.26 bits per heavy atom. The number of amides is 2. The van der Waals surface area contributed by atoms with Gasteiger partial charge in [-0.2, -0.15) is 13.2 Å². The third kappa shape index (κ3) is 6.58. The molecule has 0 saturated carbocycles. The van der Waals surface area contributed by atoms with E-state index in [1.807, 2.05) is 6.92 Å². The van der Waals surface area contributed by atoms with Gasteiger partial charge in [0.25, 0.3) is 0 Å². The fraction of sp³-hybridized carbons (Fsp3) is 0.467. The van der Waals surface area contributed by atoms with Gasteiger partial charge in [-0.1, -0.05) is 6.92 Å². The lowest BCUT2D eigenvalue weighted by Gasteiger charge is -2.18. The van der Waals surface area contributed by atoms with Gasteiger partial charge in [-0.25, -0.2) is 4.79 Å². The number of rotatable bonds is 6. The molecular weight excluding hydrogens is 313 g/mol. The van der Waals surface area contributed by atoms with Crippen LogP contribution < -0.4 is 10.6 Å². The molecule has 0 saturated heterocycles. The van der Waals surface area contributed by atoms with Crippen molar-refractivity contribution >= 4 is 17.7 Å². The fourth-order valence-corrected chi connectivity index (χ4v) is 1.84. The quantitative estimate of drug-likeness (QED) is 0.836. The van der Waals surface area contributed by atoms with Crippen LogP contribution in [0.5, 0.6) is 0 Å². The molecule has 8 heteroatoms. The summed E-state index contributed by atoms with van der Waals surface area (Å²) in [5.74, 6) is -0.519. The van der Waals surface area contributed by atoms with Crippen LogP contribution in [0.25, 0.3) is 0 Å². The lowest BCUT2D eigenvalue weighted by atomic mass is 10.1. The van der Waals surface area contributed by atoms with E-state index in [0.717, 1.165) is 12.1 Å². The predicted octanol–water partition coefficient (Wildman–Crippen LogP) is 3.56. The lowest BCUT2D eigenvalue weighted by molar-refractivity contribution is -0.137. The second-order valence-electron chi connectivity index (χ2n) is 4.80. The molecule has 1 rings (SSSR count). The summed E-state index contributed by atoms with van der Waals surface area (Å²) in [5, 5.41) is 5.03. The van der Waals surface area contributed by atoms with Crippen LogP contribution in [0.2, 0.25) is 0 Å². The molecule has 1 aromatic rings. The standard InChI is InChI=1S/C15H19F3N2O3/c1-3-11(9-13(21)20-14(22)23-4-2)19-12-7-5-10(6-8-12)15(16,17)18/h5-8,11,19H,3-4,9H2,1-2H3,(H,20,21,22)/t11-/m0/s1. The van der Waals surface area contributed by atoms with Crippen molar-refractivity contribution in [2.45, 2.75) is 38.9 Å². The SMILES string of the molecule is CCOC(=O)NC(=O)C[C@H](CC)Nc1ccc(C(F)(F)F)cc1. The number of halogens is 3. The molecule has 5 nitrogen and oxygen atoms in total. The van der Waals surface area contributed by atoms with Gasteiger partial charge in [0, 0.05) is 18.2 Å². The first-order valence-corrected chi connectivity index (χ1v) is 7.16. The summed E-state index contributed by atoms with van der Waals surface area (Å²) < 4.78 is 42.1.